The van der Waals surface area contributed by atoms with Gasteiger partial charge in [-0.15, -0.1) is 0 Å². The van der Waals surface area contributed by atoms with Crippen molar-refractivity contribution in [3.63, 3.8) is 0 Å². The predicted molar refractivity (Wildman–Crippen MR) is 184 cm³/mol. The van der Waals surface area contributed by atoms with E-state index in [4.69, 9.17) is 9.97 Å². The van der Waals surface area contributed by atoms with Gasteiger partial charge in [0.2, 0.25) is 0 Å². The van der Waals surface area contributed by atoms with E-state index in [9.17, 15) is 0 Å². The first-order valence-electron chi connectivity index (χ1n) is 16.4. The Labute approximate surface area is 292 Å². The van der Waals surface area contributed by atoms with Crippen LogP contribution in [0.5, 0.6) is 0 Å². The predicted octanol–water partition coefficient (Wildman–Crippen LogP) is 8.37. The van der Waals surface area contributed by atoms with E-state index in [-0.39, 0.29) is 21.1 Å². The molecule has 0 saturated heterocycles. The average Bonchev–Trinajstić information content (AvgIpc) is 3.85. The van der Waals surface area contributed by atoms with Gasteiger partial charge in [-0.3, -0.25) is 9.13 Å². The third-order valence-corrected chi connectivity index (χ3v) is 8.64. The Bertz CT molecular complexity index is 1710. The van der Waals surface area contributed by atoms with E-state index < -0.39 is 0 Å². The zero-order valence-electron chi connectivity index (χ0n) is 28.5. The van der Waals surface area contributed by atoms with Crippen LogP contribution in [-0.2, 0) is 33.9 Å². The van der Waals surface area contributed by atoms with E-state index in [1.165, 1.54) is 33.6 Å². The molecule has 0 unspecified atom stereocenters. The zero-order chi connectivity index (χ0) is 32.5. The Morgan fingerprint density at radius 1 is 0.553 bits per heavy atom. The standard InChI is InChI=1S/C38H44N8.Pt/c1-23(2)29-11-9-12-30(24(3)4)33(29)45-21-27(43-37(45)35-39-17-18-40-35)15-16-28-22-46(38(44-28)36-41-19-20-42-36)34-31(25(5)6)13-10-14-32(34)26(7)8;/h9-14,17-26H,15-16H2,1-8H3;/q-2;+2. The Kier molecular flexibility index (Phi) is 10.5. The van der Waals surface area contributed by atoms with Gasteiger partial charge in [-0.1, -0.05) is 117 Å². The van der Waals surface area contributed by atoms with Crippen LogP contribution in [0.4, 0.5) is 0 Å². The monoisotopic (exact) mass is 807 g/mol. The zero-order valence-corrected chi connectivity index (χ0v) is 30.8. The number of benzene rings is 2. The maximum absolute atomic E-state index is 5.14. The molecule has 0 fully saturated rings. The third-order valence-electron chi connectivity index (χ3n) is 8.64. The van der Waals surface area contributed by atoms with Crippen molar-refractivity contribution in [2.24, 2.45) is 0 Å². The SMILES string of the molecule is CC(C)c1cccc(C(C)C)c1-n1cc(CCc2cn(-c3c(C(C)C)cccc3C(C)C)c(-c3ncc[n-]3)n2)nc1-c1ncc[n-]1.[Pt+2]. The van der Waals surface area contributed by atoms with Gasteiger partial charge in [-0.2, -0.15) is 0 Å². The summed E-state index contributed by atoms with van der Waals surface area (Å²) in [7, 11) is 0. The molecule has 0 saturated carbocycles. The van der Waals surface area contributed by atoms with Crippen molar-refractivity contribution in [2.75, 3.05) is 0 Å². The molecule has 0 aliphatic rings. The van der Waals surface area contributed by atoms with Gasteiger partial charge in [-0.25, -0.2) is 9.97 Å². The van der Waals surface area contributed by atoms with Crippen molar-refractivity contribution in [1.29, 1.82) is 0 Å². The summed E-state index contributed by atoms with van der Waals surface area (Å²) in [6.45, 7) is 17.9. The number of aryl methyl sites for hydroxylation is 2. The first kappa shape index (κ1) is 34.3. The van der Waals surface area contributed by atoms with Crippen molar-refractivity contribution in [1.82, 2.24) is 39.0 Å². The largest absolute Gasteiger partial charge is 2.00 e. The van der Waals surface area contributed by atoms with Crippen molar-refractivity contribution in [3.05, 3.63) is 107 Å². The quantitative estimate of drug-likeness (QED) is 0.131. The fourth-order valence-electron chi connectivity index (χ4n) is 6.30. The first-order valence-corrected chi connectivity index (χ1v) is 16.4. The van der Waals surface area contributed by atoms with E-state index in [1.54, 1.807) is 24.8 Å². The molecule has 0 bridgehead atoms. The molecule has 8 nitrogen and oxygen atoms in total. The van der Waals surface area contributed by atoms with E-state index in [0.717, 1.165) is 23.0 Å². The van der Waals surface area contributed by atoms with Crippen LogP contribution in [0.25, 0.3) is 34.7 Å². The summed E-state index contributed by atoms with van der Waals surface area (Å²) in [4.78, 5) is 28.5. The fraction of sp³-hybridized carbons (Fsp3) is 0.368. The summed E-state index contributed by atoms with van der Waals surface area (Å²) in [5.74, 6) is 4.17. The Morgan fingerprint density at radius 3 is 1.17 bits per heavy atom. The molecule has 6 aromatic rings. The topological polar surface area (TPSA) is 89.6 Å². The minimum atomic E-state index is 0. The van der Waals surface area contributed by atoms with E-state index >= 15 is 0 Å². The van der Waals surface area contributed by atoms with Gasteiger partial charge in [0.05, 0.1) is 22.8 Å². The molecule has 246 valence electrons. The normalized spacial score (nSPS) is 11.7. The van der Waals surface area contributed by atoms with Gasteiger partial charge in [0.25, 0.3) is 0 Å². The number of rotatable bonds is 11. The van der Waals surface area contributed by atoms with Gasteiger partial charge in [0.15, 0.2) is 0 Å². The number of hydrogen-bond donors (Lipinski definition) is 0. The molecule has 0 aliphatic carbocycles. The van der Waals surface area contributed by atoms with E-state index in [0.29, 0.717) is 48.2 Å². The summed E-state index contributed by atoms with van der Waals surface area (Å²) in [6.07, 6.45) is 12.7. The maximum Gasteiger partial charge on any atom is 2.00 e. The molecule has 0 atom stereocenters. The summed E-state index contributed by atoms with van der Waals surface area (Å²) in [5.41, 5.74) is 9.43. The number of nitrogens with zero attached hydrogens (tertiary/aromatic N) is 8. The van der Waals surface area contributed by atoms with Crippen molar-refractivity contribution in [3.8, 4) is 34.7 Å². The second kappa shape index (κ2) is 14.4. The van der Waals surface area contributed by atoms with E-state index in [1.807, 2.05) is 0 Å². The van der Waals surface area contributed by atoms with Crippen LogP contribution in [0.1, 0.15) is 113 Å². The van der Waals surface area contributed by atoms with Crippen molar-refractivity contribution >= 4 is 0 Å². The van der Waals surface area contributed by atoms with Crippen LogP contribution in [0.3, 0.4) is 0 Å². The molecule has 47 heavy (non-hydrogen) atoms. The summed E-state index contributed by atoms with van der Waals surface area (Å²) in [6, 6.07) is 13.2. The smallest absolute Gasteiger partial charge is 0.440 e. The molecule has 4 aromatic heterocycles. The number of imidazole rings is 4. The molecule has 0 aliphatic heterocycles. The van der Waals surface area contributed by atoms with Gasteiger partial charge in [0.1, 0.15) is 11.6 Å². The molecule has 0 N–H and O–H groups in total. The molecule has 4 heterocycles. The Balaban J connectivity index is 0.00000433. The van der Waals surface area contributed by atoms with Crippen LogP contribution in [0.2, 0.25) is 0 Å². The summed E-state index contributed by atoms with van der Waals surface area (Å²) >= 11 is 0. The minimum Gasteiger partial charge on any atom is -0.440 e. The number of aromatic nitrogens is 8. The molecular formula is C38H44N8Pt. The fourth-order valence-corrected chi connectivity index (χ4v) is 6.30. The number of hydrogen-bond acceptors (Lipinski definition) is 4. The van der Waals surface area contributed by atoms with Crippen LogP contribution >= 0.6 is 0 Å². The third kappa shape index (κ3) is 6.84. The molecule has 6 rings (SSSR count). The molecule has 0 radical (unpaired) electrons. The van der Waals surface area contributed by atoms with Crippen LogP contribution in [0, 0.1) is 0 Å². The van der Waals surface area contributed by atoms with Crippen LogP contribution in [0.15, 0.2) is 73.6 Å². The minimum absolute atomic E-state index is 0. The van der Waals surface area contributed by atoms with Gasteiger partial charge >= 0.3 is 21.1 Å². The molecule has 0 spiro atoms. The van der Waals surface area contributed by atoms with Crippen molar-refractivity contribution < 1.29 is 21.1 Å². The Hall–Kier alpha value is -4.03. The van der Waals surface area contributed by atoms with Crippen LogP contribution < -0.4 is 9.97 Å². The Morgan fingerprint density at radius 2 is 0.894 bits per heavy atom. The summed E-state index contributed by atoms with van der Waals surface area (Å²) < 4.78 is 4.43. The first-order chi connectivity index (χ1) is 22.1. The number of para-hydroxylation sites is 2. The molecular weight excluding hydrogens is 764 g/mol. The van der Waals surface area contributed by atoms with E-state index in [2.05, 4.69) is 133 Å². The van der Waals surface area contributed by atoms with Crippen molar-refractivity contribution in [2.45, 2.75) is 91.9 Å². The maximum atomic E-state index is 5.14. The van der Waals surface area contributed by atoms with Gasteiger partial charge < -0.3 is 19.9 Å². The van der Waals surface area contributed by atoms with Crippen LogP contribution in [-0.4, -0.2) is 29.1 Å². The summed E-state index contributed by atoms with van der Waals surface area (Å²) in [5, 5.41) is 0. The second-order valence-electron chi connectivity index (χ2n) is 13.3. The molecule has 9 heteroatoms. The van der Waals surface area contributed by atoms with Gasteiger partial charge in [-0.05, 0) is 70.4 Å². The van der Waals surface area contributed by atoms with Gasteiger partial charge in [0, 0.05) is 12.4 Å². The average molecular weight is 808 g/mol. The second-order valence-corrected chi connectivity index (χ2v) is 13.3. The molecule has 0 amide bonds. The molecule has 2 aromatic carbocycles.